The normalized spacial score (nSPS) is 20.2. The third-order valence-corrected chi connectivity index (χ3v) is 2.53. The zero-order valence-corrected chi connectivity index (χ0v) is 8.56. The second-order valence-electron chi connectivity index (χ2n) is 3.61. The summed E-state index contributed by atoms with van der Waals surface area (Å²) < 4.78 is 0. The third-order valence-electron chi connectivity index (χ3n) is 2.53. The van der Waals surface area contributed by atoms with E-state index in [4.69, 9.17) is 5.11 Å². The van der Waals surface area contributed by atoms with Gasteiger partial charge in [0.25, 0.3) is 0 Å². The zero-order chi connectivity index (χ0) is 11.5. The number of carboxylic acids is 1. The second-order valence-corrected chi connectivity index (χ2v) is 3.61. The molecule has 1 aromatic carbocycles. The quantitative estimate of drug-likeness (QED) is 0.662. The zero-order valence-electron chi connectivity index (χ0n) is 8.56. The van der Waals surface area contributed by atoms with Crippen LogP contribution in [0.15, 0.2) is 24.3 Å². The van der Waals surface area contributed by atoms with E-state index < -0.39 is 5.97 Å². The monoisotopic (exact) mass is 220 g/mol. The number of benzene rings is 1. The van der Waals surface area contributed by atoms with Crippen LogP contribution in [0.1, 0.15) is 22.0 Å². The maximum absolute atomic E-state index is 11.5. The molecule has 1 aliphatic heterocycles. The average Bonchev–Trinajstić information content (AvgIpc) is 2.30. The van der Waals surface area contributed by atoms with Crippen LogP contribution in [0.5, 0.6) is 0 Å². The minimum atomic E-state index is -0.965. The molecule has 5 nitrogen and oxygen atoms in total. The summed E-state index contributed by atoms with van der Waals surface area (Å²) in [5.41, 5.74) is 1.00. The van der Waals surface area contributed by atoms with E-state index in [1.54, 1.807) is 12.1 Å². The maximum Gasteiger partial charge on any atom is 0.335 e. The number of carboxylic acid groups (broad SMARTS) is 1. The Morgan fingerprint density at radius 2 is 1.94 bits per heavy atom. The first-order valence-corrected chi connectivity index (χ1v) is 5.03. The van der Waals surface area contributed by atoms with Crippen LogP contribution < -0.4 is 10.6 Å². The van der Waals surface area contributed by atoms with Crippen LogP contribution in [0.3, 0.4) is 0 Å². The molecule has 1 heterocycles. The largest absolute Gasteiger partial charge is 0.478 e. The number of piperazine rings is 1. The summed E-state index contributed by atoms with van der Waals surface area (Å²) in [6, 6.07) is 5.94. The van der Waals surface area contributed by atoms with Crippen molar-refractivity contribution >= 4 is 11.9 Å². The minimum absolute atomic E-state index is 0.0747. The smallest absolute Gasteiger partial charge is 0.335 e. The van der Waals surface area contributed by atoms with Crippen molar-refractivity contribution in [3.8, 4) is 0 Å². The van der Waals surface area contributed by atoms with Crippen LogP contribution in [0.25, 0.3) is 0 Å². The third kappa shape index (κ3) is 2.04. The van der Waals surface area contributed by atoms with E-state index in [9.17, 15) is 9.59 Å². The van der Waals surface area contributed by atoms with Crippen molar-refractivity contribution in [3.05, 3.63) is 35.4 Å². The summed E-state index contributed by atoms with van der Waals surface area (Å²) in [4.78, 5) is 22.2. The molecule has 0 aromatic heterocycles. The van der Waals surface area contributed by atoms with Gasteiger partial charge in [0.05, 0.1) is 5.56 Å². The van der Waals surface area contributed by atoms with Crippen molar-refractivity contribution in [2.24, 2.45) is 0 Å². The average molecular weight is 220 g/mol. The SMILES string of the molecule is O=C(O)c1ccc(C2NCCNC2=O)cc1. The van der Waals surface area contributed by atoms with E-state index >= 15 is 0 Å². The summed E-state index contributed by atoms with van der Waals surface area (Å²) in [6.45, 7) is 1.35. The van der Waals surface area contributed by atoms with Gasteiger partial charge in [-0.1, -0.05) is 12.1 Å². The molecule has 1 unspecified atom stereocenters. The van der Waals surface area contributed by atoms with Gasteiger partial charge in [0.15, 0.2) is 0 Å². The molecule has 5 heteroatoms. The van der Waals surface area contributed by atoms with Gasteiger partial charge in [0, 0.05) is 13.1 Å². The van der Waals surface area contributed by atoms with Crippen LogP contribution in [0.4, 0.5) is 0 Å². The summed E-state index contributed by atoms with van der Waals surface area (Å²) >= 11 is 0. The number of carbonyl (C=O) groups excluding carboxylic acids is 1. The van der Waals surface area contributed by atoms with Crippen molar-refractivity contribution in [1.82, 2.24) is 10.6 Å². The number of nitrogens with one attached hydrogen (secondary N) is 2. The Hall–Kier alpha value is -1.88. The van der Waals surface area contributed by atoms with Crippen molar-refractivity contribution in [1.29, 1.82) is 0 Å². The summed E-state index contributed by atoms with van der Waals surface area (Å²) in [5.74, 6) is -1.04. The topological polar surface area (TPSA) is 78.4 Å². The number of carbonyl (C=O) groups is 2. The fraction of sp³-hybridized carbons (Fsp3) is 0.273. The predicted molar refractivity (Wildman–Crippen MR) is 57.2 cm³/mol. The Morgan fingerprint density at radius 3 is 2.50 bits per heavy atom. The van der Waals surface area contributed by atoms with Gasteiger partial charge in [-0.2, -0.15) is 0 Å². The molecule has 0 aliphatic carbocycles. The first-order valence-electron chi connectivity index (χ1n) is 5.03. The van der Waals surface area contributed by atoms with Gasteiger partial charge in [-0.25, -0.2) is 4.79 Å². The van der Waals surface area contributed by atoms with E-state index in [2.05, 4.69) is 10.6 Å². The highest BCUT2D eigenvalue weighted by atomic mass is 16.4. The van der Waals surface area contributed by atoms with Crippen LogP contribution in [0.2, 0.25) is 0 Å². The van der Waals surface area contributed by atoms with Crippen LogP contribution >= 0.6 is 0 Å². The lowest BCUT2D eigenvalue weighted by Crippen LogP contribution is -2.47. The molecule has 2 rings (SSSR count). The van der Waals surface area contributed by atoms with Gasteiger partial charge < -0.3 is 15.7 Å². The molecular weight excluding hydrogens is 208 g/mol. The second kappa shape index (κ2) is 4.32. The Labute approximate surface area is 92.5 Å². The summed E-state index contributed by atoms with van der Waals surface area (Å²) in [5, 5.41) is 14.6. The van der Waals surface area contributed by atoms with Crippen molar-refractivity contribution in [2.75, 3.05) is 13.1 Å². The van der Waals surface area contributed by atoms with Gasteiger partial charge >= 0.3 is 5.97 Å². The Kier molecular flexibility index (Phi) is 2.87. The predicted octanol–water partition coefficient (Wildman–Crippen LogP) is 0.145. The van der Waals surface area contributed by atoms with Gasteiger partial charge in [0.1, 0.15) is 6.04 Å². The van der Waals surface area contributed by atoms with Crippen LogP contribution in [0, 0.1) is 0 Å². The number of amides is 1. The Morgan fingerprint density at radius 1 is 1.25 bits per heavy atom. The van der Waals surface area contributed by atoms with Crippen molar-refractivity contribution in [3.63, 3.8) is 0 Å². The van der Waals surface area contributed by atoms with E-state index in [0.29, 0.717) is 6.54 Å². The van der Waals surface area contributed by atoms with E-state index in [-0.39, 0.29) is 17.5 Å². The van der Waals surface area contributed by atoms with Gasteiger partial charge in [-0.15, -0.1) is 0 Å². The molecule has 0 saturated carbocycles. The van der Waals surface area contributed by atoms with Crippen molar-refractivity contribution < 1.29 is 14.7 Å². The molecule has 1 amide bonds. The lowest BCUT2D eigenvalue weighted by molar-refractivity contribution is -0.124. The highest BCUT2D eigenvalue weighted by Gasteiger charge is 2.22. The molecule has 84 valence electrons. The molecule has 0 radical (unpaired) electrons. The standard InChI is InChI=1S/C11H12N2O3/c14-10-9(12-5-6-13-10)7-1-3-8(4-2-7)11(15)16/h1-4,9,12H,5-6H2,(H,13,14)(H,15,16). The molecular formula is C11H12N2O3. The highest BCUT2D eigenvalue weighted by Crippen LogP contribution is 2.15. The lowest BCUT2D eigenvalue weighted by atomic mass is 10.0. The van der Waals surface area contributed by atoms with Crippen molar-refractivity contribution in [2.45, 2.75) is 6.04 Å². The number of hydrogen-bond acceptors (Lipinski definition) is 3. The first kappa shape index (κ1) is 10.6. The molecule has 16 heavy (non-hydrogen) atoms. The van der Waals surface area contributed by atoms with E-state index in [1.165, 1.54) is 12.1 Å². The number of aromatic carboxylic acids is 1. The Bertz CT molecular complexity index is 414. The van der Waals surface area contributed by atoms with Crippen LogP contribution in [-0.4, -0.2) is 30.1 Å². The molecule has 1 saturated heterocycles. The molecule has 1 aromatic rings. The first-order chi connectivity index (χ1) is 7.68. The number of hydrogen-bond donors (Lipinski definition) is 3. The fourth-order valence-electron chi connectivity index (χ4n) is 1.68. The highest BCUT2D eigenvalue weighted by molar-refractivity contribution is 5.88. The van der Waals surface area contributed by atoms with Gasteiger partial charge in [0.2, 0.25) is 5.91 Å². The molecule has 1 fully saturated rings. The molecule has 1 atom stereocenters. The summed E-state index contributed by atoms with van der Waals surface area (Å²) in [6.07, 6.45) is 0. The van der Waals surface area contributed by atoms with E-state index in [1.807, 2.05) is 0 Å². The minimum Gasteiger partial charge on any atom is -0.478 e. The summed E-state index contributed by atoms with van der Waals surface area (Å²) in [7, 11) is 0. The van der Waals surface area contributed by atoms with E-state index in [0.717, 1.165) is 12.1 Å². The molecule has 1 aliphatic rings. The molecule has 0 bridgehead atoms. The van der Waals surface area contributed by atoms with Gasteiger partial charge in [-0.05, 0) is 17.7 Å². The number of rotatable bonds is 2. The Balaban J connectivity index is 2.20. The molecule has 3 N–H and O–H groups in total. The van der Waals surface area contributed by atoms with Crippen LogP contribution in [-0.2, 0) is 4.79 Å². The van der Waals surface area contributed by atoms with Gasteiger partial charge in [-0.3, -0.25) is 4.79 Å². The maximum atomic E-state index is 11.5. The lowest BCUT2D eigenvalue weighted by Gasteiger charge is -2.23. The molecule has 0 spiro atoms. The fourth-order valence-corrected chi connectivity index (χ4v) is 1.68.